The maximum absolute atomic E-state index is 13.7. The van der Waals surface area contributed by atoms with Gasteiger partial charge in [0.1, 0.15) is 4.21 Å². The first-order valence-electron chi connectivity index (χ1n) is 15.2. The highest BCUT2D eigenvalue weighted by atomic mass is 35.5. The third-order valence-electron chi connectivity index (χ3n) is 8.76. The summed E-state index contributed by atoms with van der Waals surface area (Å²) in [5, 5.41) is 8.24. The minimum atomic E-state index is -3.93. The predicted molar refractivity (Wildman–Crippen MR) is 182 cm³/mol. The van der Waals surface area contributed by atoms with Gasteiger partial charge in [-0.3, -0.25) is 4.79 Å². The molecule has 5 rings (SSSR count). The fourth-order valence-corrected chi connectivity index (χ4v) is 8.88. The Hall–Kier alpha value is -2.75. The monoisotopic (exact) mass is 651 g/mol. The van der Waals surface area contributed by atoms with Gasteiger partial charge in [-0.2, -0.15) is 0 Å². The van der Waals surface area contributed by atoms with Crippen molar-refractivity contribution < 1.29 is 13.2 Å². The van der Waals surface area contributed by atoms with E-state index in [9.17, 15) is 13.2 Å². The van der Waals surface area contributed by atoms with Crippen molar-refractivity contribution in [1.29, 1.82) is 0 Å². The van der Waals surface area contributed by atoms with Gasteiger partial charge in [0, 0.05) is 28.7 Å². The number of halogens is 1. The standard InChI is InChI=1S/C35H42ClN3O3S2/c1-22-29-19-27(36)15-17-32(29)43-34(22)44(41,42)39-31(25-10-7-6-8-11-25)20-33(40)38-30-13-9-12-26-18-24(14-16-28(26)30)21-37-23(2)35(3,4)5/h6-8,10-11,14-19,23,30-31,37,39H,9,12-13,20-21H2,1-5H3,(H,38,40)/t23-,30?,31-/m1/s1. The van der Waals surface area contributed by atoms with Gasteiger partial charge in [-0.1, -0.05) is 80.9 Å². The fourth-order valence-electron chi connectivity index (χ4n) is 5.72. The van der Waals surface area contributed by atoms with E-state index < -0.39 is 16.1 Å². The summed E-state index contributed by atoms with van der Waals surface area (Å²) in [6.07, 6.45) is 2.80. The number of rotatable bonds is 10. The predicted octanol–water partition coefficient (Wildman–Crippen LogP) is 7.99. The molecule has 4 aromatic rings. The molecular formula is C35H42ClN3O3S2. The van der Waals surface area contributed by atoms with Gasteiger partial charge in [-0.25, -0.2) is 13.1 Å². The zero-order valence-corrected chi connectivity index (χ0v) is 28.4. The summed E-state index contributed by atoms with van der Waals surface area (Å²) < 4.78 is 31.4. The molecule has 234 valence electrons. The van der Waals surface area contributed by atoms with Crippen LogP contribution in [0.2, 0.25) is 5.02 Å². The molecule has 0 fully saturated rings. The summed E-state index contributed by atoms with van der Waals surface area (Å²) in [5.74, 6) is -0.191. The number of carbonyl (C=O) groups is 1. The Morgan fingerprint density at radius 2 is 1.82 bits per heavy atom. The van der Waals surface area contributed by atoms with E-state index in [1.54, 1.807) is 19.1 Å². The number of thiophene rings is 1. The number of aryl methyl sites for hydroxylation is 2. The lowest BCUT2D eigenvalue weighted by Crippen LogP contribution is -2.37. The fraction of sp³-hybridized carbons (Fsp3) is 0.400. The molecule has 0 saturated carbocycles. The van der Waals surface area contributed by atoms with Crippen molar-refractivity contribution >= 4 is 49.0 Å². The van der Waals surface area contributed by atoms with Crippen molar-refractivity contribution in [3.05, 3.63) is 99.6 Å². The molecule has 1 unspecified atom stereocenters. The van der Waals surface area contributed by atoms with Gasteiger partial charge in [-0.15, -0.1) is 11.3 Å². The quantitative estimate of drug-likeness (QED) is 0.162. The summed E-state index contributed by atoms with van der Waals surface area (Å²) in [7, 11) is -3.93. The Balaban J connectivity index is 1.32. The molecule has 1 heterocycles. The van der Waals surface area contributed by atoms with Crippen molar-refractivity contribution in [2.45, 2.75) is 89.2 Å². The highest BCUT2D eigenvalue weighted by Crippen LogP contribution is 2.37. The van der Waals surface area contributed by atoms with E-state index in [1.807, 2.05) is 36.4 Å². The molecule has 0 saturated heterocycles. The maximum Gasteiger partial charge on any atom is 0.250 e. The van der Waals surface area contributed by atoms with Crippen LogP contribution in [0.25, 0.3) is 10.1 Å². The summed E-state index contributed by atoms with van der Waals surface area (Å²) in [4.78, 5) is 13.5. The summed E-state index contributed by atoms with van der Waals surface area (Å²) in [5.41, 5.74) is 5.22. The largest absolute Gasteiger partial charge is 0.349 e. The van der Waals surface area contributed by atoms with Crippen molar-refractivity contribution in [1.82, 2.24) is 15.4 Å². The topological polar surface area (TPSA) is 87.3 Å². The number of nitrogens with one attached hydrogen (secondary N) is 3. The van der Waals surface area contributed by atoms with Gasteiger partial charge in [0.2, 0.25) is 5.91 Å². The molecule has 9 heteroatoms. The van der Waals surface area contributed by atoms with Crippen LogP contribution in [0.5, 0.6) is 0 Å². The van der Waals surface area contributed by atoms with Crippen LogP contribution >= 0.6 is 22.9 Å². The Morgan fingerprint density at radius 1 is 1.07 bits per heavy atom. The van der Waals surface area contributed by atoms with E-state index in [0.29, 0.717) is 16.6 Å². The van der Waals surface area contributed by atoms with Gasteiger partial charge in [-0.05, 0) is 89.9 Å². The number of carbonyl (C=O) groups excluding carboxylic acids is 1. The van der Waals surface area contributed by atoms with Crippen molar-refractivity contribution in [2.24, 2.45) is 5.41 Å². The van der Waals surface area contributed by atoms with E-state index in [0.717, 1.165) is 47.0 Å². The van der Waals surface area contributed by atoms with E-state index in [-0.39, 0.29) is 28.0 Å². The summed E-state index contributed by atoms with van der Waals surface area (Å²) >= 11 is 7.40. The number of amides is 1. The van der Waals surface area contributed by atoms with Crippen LogP contribution in [-0.2, 0) is 27.8 Å². The molecule has 1 aromatic heterocycles. The second-order valence-corrected chi connectivity index (χ2v) is 16.4. The van der Waals surface area contributed by atoms with Crippen LogP contribution in [0.1, 0.15) is 86.9 Å². The molecule has 1 aliphatic rings. The molecule has 0 spiro atoms. The lowest BCUT2D eigenvalue weighted by molar-refractivity contribution is -0.122. The van der Waals surface area contributed by atoms with Crippen LogP contribution < -0.4 is 15.4 Å². The first-order chi connectivity index (χ1) is 20.8. The van der Waals surface area contributed by atoms with Gasteiger partial charge in [0.15, 0.2) is 0 Å². The molecule has 0 aliphatic heterocycles. The summed E-state index contributed by atoms with van der Waals surface area (Å²) in [6, 6.07) is 20.8. The minimum Gasteiger partial charge on any atom is -0.349 e. The van der Waals surface area contributed by atoms with Crippen LogP contribution in [-0.4, -0.2) is 20.4 Å². The normalized spacial score (nSPS) is 16.8. The Labute approximate surface area is 270 Å². The molecule has 1 aliphatic carbocycles. The molecule has 44 heavy (non-hydrogen) atoms. The van der Waals surface area contributed by atoms with Crippen LogP contribution in [0.15, 0.2) is 70.9 Å². The summed E-state index contributed by atoms with van der Waals surface area (Å²) in [6.45, 7) is 11.5. The number of sulfonamides is 1. The van der Waals surface area contributed by atoms with E-state index in [2.05, 4.69) is 61.2 Å². The molecule has 0 bridgehead atoms. The third-order valence-corrected chi connectivity index (χ3v) is 12.4. The second-order valence-electron chi connectivity index (χ2n) is 13.0. The number of hydrogen-bond acceptors (Lipinski definition) is 5. The number of benzene rings is 3. The second kappa shape index (κ2) is 13.3. The van der Waals surface area contributed by atoms with Gasteiger partial charge in [0.25, 0.3) is 10.0 Å². The molecule has 3 N–H and O–H groups in total. The van der Waals surface area contributed by atoms with Gasteiger partial charge >= 0.3 is 0 Å². The lowest BCUT2D eigenvalue weighted by atomic mass is 9.86. The maximum atomic E-state index is 13.7. The highest BCUT2D eigenvalue weighted by molar-refractivity contribution is 7.91. The first-order valence-corrected chi connectivity index (χ1v) is 17.9. The average Bonchev–Trinajstić information content (AvgIpc) is 3.31. The van der Waals surface area contributed by atoms with E-state index in [4.69, 9.17) is 11.6 Å². The number of fused-ring (bicyclic) bond motifs is 2. The molecule has 3 atom stereocenters. The Kier molecular flexibility index (Phi) is 9.87. The van der Waals surface area contributed by atoms with Crippen LogP contribution in [0.4, 0.5) is 0 Å². The lowest BCUT2D eigenvalue weighted by Gasteiger charge is -2.29. The highest BCUT2D eigenvalue weighted by Gasteiger charge is 2.29. The van der Waals surface area contributed by atoms with E-state index in [1.165, 1.54) is 22.5 Å². The zero-order chi connectivity index (χ0) is 31.6. The number of hydrogen-bond donors (Lipinski definition) is 3. The van der Waals surface area contributed by atoms with Crippen molar-refractivity contribution in [2.75, 3.05) is 0 Å². The van der Waals surface area contributed by atoms with Gasteiger partial charge in [0.05, 0.1) is 12.1 Å². The first kappa shape index (κ1) is 32.6. The Morgan fingerprint density at radius 3 is 2.55 bits per heavy atom. The van der Waals surface area contributed by atoms with Crippen LogP contribution in [0, 0.1) is 12.3 Å². The smallest absolute Gasteiger partial charge is 0.250 e. The minimum absolute atomic E-state index is 0.0163. The van der Waals surface area contributed by atoms with Crippen LogP contribution in [0.3, 0.4) is 0 Å². The zero-order valence-electron chi connectivity index (χ0n) is 26.0. The third kappa shape index (κ3) is 7.54. The average molecular weight is 652 g/mol. The Bertz CT molecular complexity index is 1750. The molecule has 6 nitrogen and oxygen atoms in total. The molecular weight excluding hydrogens is 610 g/mol. The molecule has 3 aromatic carbocycles. The van der Waals surface area contributed by atoms with E-state index >= 15 is 0 Å². The molecule has 1 amide bonds. The van der Waals surface area contributed by atoms with Crippen molar-refractivity contribution in [3.63, 3.8) is 0 Å². The SMILES string of the molecule is Cc1c(S(=O)(=O)N[C@H](CC(=O)NC2CCCc3cc(CN[C@H](C)C(C)(C)C)ccc32)c2ccccc2)sc2ccc(Cl)cc12. The van der Waals surface area contributed by atoms with Gasteiger partial charge < -0.3 is 10.6 Å². The van der Waals surface area contributed by atoms with Crippen molar-refractivity contribution in [3.8, 4) is 0 Å². The molecule has 0 radical (unpaired) electrons.